The van der Waals surface area contributed by atoms with Gasteiger partial charge in [-0.1, -0.05) is 158 Å². The fourth-order valence-electron chi connectivity index (χ4n) is 9.72. The molecule has 0 radical (unpaired) electrons. The minimum Gasteiger partial charge on any atom is -0.456 e. The Morgan fingerprint density at radius 2 is 1.25 bits per heavy atom. The zero-order valence-electron chi connectivity index (χ0n) is 28.1. The number of hydrogen-bond acceptors (Lipinski definition) is 2. The van der Waals surface area contributed by atoms with Gasteiger partial charge in [-0.15, -0.1) is 0 Å². The van der Waals surface area contributed by atoms with Gasteiger partial charge in [0.25, 0.3) is 0 Å². The molecule has 8 aromatic rings. The summed E-state index contributed by atoms with van der Waals surface area (Å²) in [6.07, 6.45) is 5.23. The Labute approximate surface area is 296 Å². The molecule has 3 heteroatoms. The van der Waals surface area contributed by atoms with E-state index in [-0.39, 0.29) is 0 Å². The van der Waals surface area contributed by atoms with Gasteiger partial charge >= 0.3 is 0 Å². The van der Waals surface area contributed by atoms with Gasteiger partial charge in [-0.05, 0) is 74.5 Å². The molecule has 0 bridgehead atoms. The fraction of sp³-hybridized carbons (Fsp3) is 0.0833. The SMILES string of the molecule is CC1(P(=O)(c2ccc3ccccc3c2)c2cccc3c2-c2oc4ccccc4c2C32c3ccccc3-c3ccccc32)C=c2ccccc2=CC1. The smallest absolute Gasteiger partial charge is 0.153 e. The summed E-state index contributed by atoms with van der Waals surface area (Å²) in [6, 6.07) is 55.9. The molecule has 2 unspecified atom stereocenters. The summed E-state index contributed by atoms with van der Waals surface area (Å²) in [5.74, 6) is 0.832. The molecule has 1 spiro atoms. The largest absolute Gasteiger partial charge is 0.456 e. The zero-order chi connectivity index (χ0) is 34.0. The Kier molecular flexibility index (Phi) is 5.81. The van der Waals surface area contributed by atoms with Crippen LogP contribution in [0.2, 0.25) is 0 Å². The molecule has 2 nitrogen and oxygen atoms in total. The van der Waals surface area contributed by atoms with Crippen LogP contribution in [-0.4, -0.2) is 5.16 Å². The summed E-state index contributed by atoms with van der Waals surface area (Å²) in [6.45, 7) is 2.21. The second kappa shape index (κ2) is 10.2. The average Bonchev–Trinajstić information content (AvgIpc) is 3.81. The van der Waals surface area contributed by atoms with Gasteiger partial charge in [-0.2, -0.15) is 0 Å². The van der Waals surface area contributed by atoms with E-state index in [9.17, 15) is 0 Å². The van der Waals surface area contributed by atoms with Gasteiger partial charge in [0.2, 0.25) is 0 Å². The first-order chi connectivity index (χ1) is 25.0. The molecule has 51 heavy (non-hydrogen) atoms. The fourth-order valence-corrected chi connectivity index (χ4v) is 13.2. The molecule has 242 valence electrons. The van der Waals surface area contributed by atoms with Crippen molar-refractivity contribution in [3.63, 3.8) is 0 Å². The van der Waals surface area contributed by atoms with E-state index in [1.165, 1.54) is 27.5 Å². The van der Waals surface area contributed by atoms with Gasteiger partial charge in [0.05, 0.1) is 10.6 Å². The van der Waals surface area contributed by atoms with Crippen LogP contribution in [0.4, 0.5) is 0 Å². The molecule has 2 atom stereocenters. The van der Waals surface area contributed by atoms with Gasteiger partial charge in [0, 0.05) is 27.1 Å². The Morgan fingerprint density at radius 1 is 0.608 bits per heavy atom. The van der Waals surface area contributed by atoms with Crippen LogP contribution in [0.5, 0.6) is 0 Å². The van der Waals surface area contributed by atoms with Crippen molar-refractivity contribution in [2.24, 2.45) is 0 Å². The van der Waals surface area contributed by atoms with E-state index in [2.05, 4.69) is 171 Å². The lowest BCUT2D eigenvalue weighted by Crippen LogP contribution is -2.41. The Morgan fingerprint density at radius 3 is 2.06 bits per heavy atom. The van der Waals surface area contributed by atoms with Crippen molar-refractivity contribution < 1.29 is 8.98 Å². The van der Waals surface area contributed by atoms with Crippen molar-refractivity contribution in [3.8, 4) is 22.5 Å². The first-order valence-electron chi connectivity index (χ1n) is 17.8. The number of rotatable bonds is 3. The van der Waals surface area contributed by atoms with Crippen molar-refractivity contribution in [2.45, 2.75) is 23.9 Å². The van der Waals surface area contributed by atoms with E-state index in [1.54, 1.807) is 0 Å². The van der Waals surface area contributed by atoms with Crippen molar-refractivity contribution in [3.05, 3.63) is 190 Å². The molecule has 0 saturated carbocycles. The standard InChI is InChI=1S/C48H33O2P/c1-47(28-27-32-14-3-5-16-34(32)30-47)51(49,35-26-25-31-13-2-4-15-33(31)29-35)43-24-12-22-41-44(43)46-45(38-19-8-11-23-42(38)50-46)48(41)39-20-9-6-17-36(39)37-18-7-10-21-40(37)48/h2-27,29-30H,28H2,1H3. The van der Waals surface area contributed by atoms with Gasteiger partial charge in [-0.25, -0.2) is 0 Å². The molecular formula is C48H33O2P. The third-order valence-corrected chi connectivity index (χ3v) is 15.8. The highest BCUT2D eigenvalue weighted by atomic mass is 31.2. The van der Waals surface area contributed by atoms with E-state index >= 15 is 4.57 Å². The molecule has 1 aromatic heterocycles. The van der Waals surface area contributed by atoms with Crippen LogP contribution >= 0.6 is 7.14 Å². The highest BCUT2D eigenvalue weighted by molar-refractivity contribution is 7.80. The monoisotopic (exact) mass is 672 g/mol. The Bertz CT molecular complexity index is 2920. The zero-order valence-corrected chi connectivity index (χ0v) is 29.0. The maximum absolute atomic E-state index is 17.1. The van der Waals surface area contributed by atoms with Crippen molar-refractivity contribution in [1.29, 1.82) is 0 Å². The lowest BCUT2D eigenvalue weighted by Gasteiger charge is -2.38. The quantitative estimate of drug-likeness (QED) is 0.175. The summed E-state index contributed by atoms with van der Waals surface area (Å²) in [5.41, 5.74) is 8.45. The maximum Gasteiger partial charge on any atom is 0.153 e. The highest BCUT2D eigenvalue weighted by Gasteiger charge is 2.57. The van der Waals surface area contributed by atoms with E-state index in [1.807, 2.05) is 6.07 Å². The minimum absolute atomic E-state index is 0.620. The number of benzene rings is 7. The lowest BCUT2D eigenvalue weighted by molar-refractivity contribution is 0.571. The number of para-hydroxylation sites is 1. The summed E-state index contributed by atoms with van der Waals surface area (Å²) in [4.78, 5) is 0. The third kappa shape index (κ3) is 3.61. The molecule has 0 saturated heterocycles. The van der Waals surface area contributed by atoms with Crippen LogP contribution in [0.25, 0.3) is 56.3 Å². The Hall–Kier alpha value is -5.69. The van der Waals surface area contributed by atoms with Crippen LogP contribution in [-0.2, 0) is 9.98 Å². The maximum atomic E-state index is 17.1. The molecular weight excluding hydrogens is 640 g/mol. The molecule has 0 fully saturated rings. The minimum atomic E-state index is -3.48. The van der Waals surface area contributed by atoms with Crippen molar-refractivity contribution >= 4 is 51.6 Å². The summed E-state index contributed by atoms with van der Waals surface area (Å²) in [5, 5.41) is 6.67. The van der Waals surface area contributed by atoms with Gasteiger partial charge in [-0.3, -0.25) is 0 Å². The molecule has 7 aromatic carbocycles. The van der Waals surface area contributed by atoms with Crippen molar-refractivity contribution in [2.75, 3.05) is 0 Å². The van der Waals surface area contributed by atoms with Gasteiger partial charge in [0.15, 0.2) is 7.14 Å². The average molecular weight is 673 g/mol. The summed E-state index contributed by atoms with van der Waals surface area (Å²) < 4.78 is 24.2. The van der Waals surface area contributed by atoms with E-state index in [0.29, 0.717) is 6.42 Å². The first-order valence-corrected chi connectivity index (χ1v) is 19.5. The summed E-state index contributed by atoms with van der Waals surface area (Å²) in [7, 11) is -3.48. The van der Waals surface area contributed by atoms with Crippen LogP contribution < -0.4 is 21.0 Å². The molecule has 11 rings (SSSR count). The van der Waals surface area contributed by atoms with E-state index in [4.69, 9.17) is 4.42 Å². The van der Waals surface area contributed by atoms with E-state index < -0.39 is 17.7 Å². The lowest BCUT2D eigenvalue weighted by atomic mass is 9.70. The number of furan rings is 1. The number of hydrogen-bond donors (Lipinski definition) is 0. The van der Waals surface area contributed by atoms with E-state index in [0.717, 1.165) is 60.0 Å². The van der Waals surface area contributed by atoms with Gasteiger partial charge < -0.3 is 8.98 Å². The first kappa shape index (κ1) is 29.1. The predicted molar refractivity (Wildman–Crippen MR) is 211 cm³/mol. The highest BCUT2D eigenvalue weighted by Crippen LogP contribution is 2.68. The normalized spacial score (nSPS) is 18.6. The second-order valence-corrected chi connectivity index (χ2v) is 17.8. The molecule has 1 heterocycles. The van der Waals surface area contributed by atoms with Crippen LogP contribution in [0.15, 0.2) is 162 Å². The topological polar surface area (TPSA) is 30.2 Å². The molecule has 3 aliphatic carbocycles. The van der Waals surface area contributed by atoms with Crippen molar-refractivity contribution in [1.82, 2.24) is 0 Å². The molecule has 0 aliphatic heterocycles. The Balaban J connectivity index is 1.30. The van der Waals surface area contributed by atoms with Crippen LogP contribution in [0, 0.1) is 0 Å². The number of fused-ring (bicyclic) bond motifs is 14. The van der Waals surface area contributed by atoms with Crippen LogP contribution in [0.1, 0.15) is 35.6 Å². The summed E-state index contributed by atoms with van der Waals surface area (Å²) >= 11 is 0. The molecule has 3 aliphatic rings. The second-order valence-electron chi connectivity index (χ2n) is 14.5. The van der Waals surface area contributed by atoms with Crippen LogP contribution in [0.3, 0.4) is 0 Å². The molecule has 0 N–H and O–H groups in total. The van der Waals surface area contributed by atoms with Gasteiger partial charge in [0.1, 0.15) is 11.3 Å². The third-order valence-electron chi connectivity index (χ3n) is 11.9. The molecule has 0 amide bonds. The predicted octanol–water partition coefficient (Wildman–Crippen LogP) is 9.67.